The van der Waals surface area contributed by atoms with E-state index in [-0.39, 0.29) is 0 Å². The van der Waals surface area contributed by atoms with Gasteiger partial charge in [-0.25, -0.2) is 0 Å². The highest BCUT2D eigenvalue weighted by Gasteiger charge is 2.03. The minimum Gasteiger partial charge on any atom is -0.504 e. The molecular formula is C14H14O2. The molecule has 0 aliphatic carbocycles. The number of rotatable bonds is 3. The maximum absolute atomic E-state index is 5.37. The first-order valence-corrected chi connectivity index (χ1v) is 5.12. The van der Waals surface area contributed by atoms with Crippen molar-refractivity contribution in [2.24, 2.45) is 0 Å². The van der Waals surface area contributed by atoms with Gasteiger partial charge in [0.15, 0.2) is 0 Å². The molecule has 0 saturated heterocycles. The Morgan fingerprint density at radius 3 is 2.44 bits per heavy atom. The molecular weight excluding hydrogens is 200 g/mol. The average molecular weight is 214 g/mol. The van der Waals surface area contributed by atoms with Crippen molar-refractivity contribution >= 4 is 16.8 Å². The minimum absolute atomic E-state index is 0.883. The molecule has 0 spiro atoms. The number of methoxy groups -OCH3 is 2. The van der Waals surface area contributed by atoms with Crippen molar-refractivity contribution in [2.75, 3.05) is 14.2 Å². The van der Waals surface area contributed by atoms with Crippen molar-refractivity contribution in [3.05, 3.63) is 48.2 Å². The van der Waals surface area contributed by atoms with Gasteiger partial charge in [0.05, 0.1) is 20.5 Å². The molecule has 0 N–H and O–H groups in total. The molecule has 2 aromatic carbocycles. The predicted octanol–water partition coefficient (Wildman–Crippen LogP) is 3.47. The second-order valence-electron chi connectivity index (χ2n) is 3.44. The van der Waals surface area contributed by atoms with Gasteiger partial charge in [-0.05, 0) is 23.1 Å². The van der Waals surface area contributed by atoms with Crippen LogP contribution < -0.4 is 4.74 Å². The van der Waals surface area contributed by atoms with Crippen LogP contribution >= 0.6 is 0 Å². The lowest BCUT2D eigenvalue weighted by atomic mass is 10.0. The van der Waals surface area contributed by atoms with Crippen LogP contribution in [0.4, 0.5) is 0 Å². The third-order valence-corrected chi connectivity index (χ3v) is 2.50. The van der Waals surface area contributed by atoms with Gasteiger partial charge in [-0.2, -0.15) is 0 Å². The van der Waals surface area contributed by atoms with Gasteiger partial charge in [-0.3, -0.25) is 0 Å². The zero-order valence-electron chi connectivity index (χ0n) is 9.44. The predicted molar refractivity (Wildman–Crippen MR) is 66.5 cm³/mol. The van der Waals surface area contributed by atoms with Crippen molar-refractivity contribution < 1.29 is 9.47 Å². The third kappa shape index (κ3) is 1.87. The summed E-state index contributed by atoms with van der Waals surface area (Å²) in [6, 6.07) is 12.2. The number of ether oxygens (including phenoxy) is 2. The Morgan fingerprint density at radius 2 is 1.75 bits per heavy atom. The lowest BCUT2D eigenvalue weighted by Gasteiger charge is -2.07. The Bertz CT molecular complexity index is 510. The SMILES string of the molecule is CO/C=C/c1cccc2cccc(OC)c12. The van der Waals surface area contributed by atoms with E-state index in [0.29, 0.717) is 0 Å². The molecule has 0 aliphatic heterocycles. The second kappa shape index (κ2) is 4.71. The number of hydrogen-bond donors (Lipinski definition) is 0. The van der Waals surface area contributed by atoms with E-state index in [1.807, 2.05) is 30.3 Å². The quantitative estimate of drug-likeness (QED) is 0.728. The van der Waals surface area contributed by atoms with Gasteiger partial charge in [0.1, 0.15) is 5.75 Å². The molecule has 0 amide bonds. The molecule has 0 heterocycles. The summed E-state index contributed by atoms with van der Waals surface area (Å²) in [5.41, 5.74) is 1.09. The van der Waals surface area contributed by atoms with Crippen LogP contribution in [0.25, 0.3) is 16.8 Å². The van der Waals surface area contributed by atoms with E-state index in [2.05, 4.69) is 12.1 Å². The fraction of sp³-hybridized carbons (Fsp3) is 0.143. The van der Waals surface area contributed by atoms with E-state index in [0.717, 1.165) is 22.1 Å². The molecule has 16 heavy (non-hydrogen) atoms. The highest BCUT2D eigenvalue weighted by Crippen LogP contribution is 2.29. The van der Waals surface area contributed by atoms with Gasteiger partial charge in [0.2, 0.25) is 0 Å². The van der Waals surface area contributed by atoms with Gasteiger partial charge < -0.3 is 9.47 Å². The molecule has 0 saturated carbocycles. The van der Waals surface area contributed by atoms with Crippen LogP contribution in [0.3, 0.4) is 0 Å². The van der Waals surface area contributed by atoms with Crippen LogP contribution in [0.2, 0.25) is 0 Å². The van der Waals surface area contributed by atoms with Crippen molar-refractivity contribution in [2.45, 2.75) is 0 Å². The van der Waals surface area contributed by atoms with Crippen LogP contribution in [0.1, 0.15) is 5.56 Å². The van der Waals surface area contributed by atoms with Crippen LogP contribution in [0.5, 0.6) is 5.75 Å². The van der Waals surface area contributed by atoms with Crippen molar-refractivity contribution in [3.8, 4) is 5.75 Å². The van der Waals surface area contributed by atoms with Gasteiger partial charge in [0.25, 0.3) is 0 Å². The average Bonchev–Trinajstić information content (AvgIpc) is 2.35. The highest BCUT2D eigenvalue weighted by atomic mass is 16.5. The summed E-state index contributed by atoms with van der Waals surface area (Å²) in [4.78, 5) is 0. The molecule has 0 atom stereocenters. The van der Waals surface area contributed by atoms with E-state index in [4.69, 9.17) is 9.47 Å². The van der Waals surface area contributed by atoms with Crippen molar-refractivity contribution in [3.63, 3.8) is 0 Å². The van der Waals surface area contributed by atoms with Crippen LogP contribution in [0.15, 0.2) is 42.7 Å². The zero-order chi connectivity index (χ0) is 11.4. The normalized spacial score (nSPS) is 10.9. The number of benzene rings is 2. The largest absolute Gasteiger partial charge is 0.504 e. The number of hydrogen-bond acceptors (Lipinski definition) is 2. The molecule has 0 fully saturated rings. The molecule has 0 radical (unpaired) electrons. The Balaban J connectivity index is 2.68. The summed E-state index contributed by atoms with van der Waals surface area (Å²) >= 11 is 0. The van der Waals surface area contributed by atoms with Gasteiger partial charge in [-0.15, -0.1) is 0 Å². The van der Waals surface area contributed by atoms with Crippen LogP contribution in [0, 0.1) is 0 Å². The first-order chi connectivity index (χ1) is 7.86. The van der Waals surface area contributed by atoms with E-state index in [1.54, 1.807) is 20.5 Å². The molecule has 0 bridgehead atoms. The molecule has 2 nitrogen and oxygen atoms in total. The minimum atomic E-state index is 0.883. The summed E-state index contributed by atoms with van der Waals surface area (Å²) < 4.78 is 10.3. The maximum atomic E-state index is 5.37. The van der Waals surface area contributed by atoms with Crippen LogP contribution in [-0.4, -0.2) is 14.2 Å². The standard InChI is InChI=1S/C14H14O2/c1-15-10-9-12-6-3-5-11-7-4-8-13(16-2)14(11)12/h3-10H,1-2H3/b10-9+. The molecule has 2 rings (SSSR count). The van der Waals surface area contributed by atoms with Crippen LogP contribution in [-0.2, 0) is 4.74 Å². The summed E-state index contributed by atoms with van der Waals surface area (Å²) in [6.45, 7) is 0. The molecule has 82 valence electrons. The summed E-state index contributed by atoms with van der Waals surface area (Å²) in [7, 11) is 3.32. The van der Waals surface area contributed by atoms with Gasteiger partial charge >= 0.3 is 0 Å². The Kier molecular flexibility index (Phi) is 3.10. The van der Waals surface area contributed by atoms with E-state index < -0.39 is 0 Å². The maximum Gasteiger partial charge on any atom is 0.127 e. The third-order valence-electron chi connectivity index (χ3n) is 2.50. The van der Waals surface area contributed by atoms with E-state index in [1.165, 1.54) is 0 Å². The van der Waals surface area contributed by atoms with Gasteiger partial charge in [-0.1, -0.05) is 30.3 Å². The Morgan fingerprint density at radius 1 is 1.00 bits per heavy atom. The monoisotopic (exact) mass is 214 g/mol. The molecule has 0 aliphatic rings. The summed E-state index contributed by atoms with van der Waals surface area (Å²) in [5.74, 6) is 0.883. The lowest BCUT2D eigenvalue weighted by molar-refractivity contribution is 0.341. The first-order valence-electron chi connectivity index (χ1n) is 5.12. The first kappa shape index (κ1) is 10.6. The molecule has 0 unspecified atom stereocenters. The molecule has 0 aromatic heterocycles. The highest BCUT2D eigenvalue weighted by molar-refractivity contribution is 5.95. The topological polar surface area (TPSA) is 18.5 Å². The second-order valence-corrected chi connectivity index (χ2v) is 3.44. The van der Waals surface area contributed by atoms with Gasteiger partial charge in [0, 0.05) is 5.39 Å². The zero-order valence-corrected chi connectivity index (χ0v) is 9.44. The van der Waals surface area contributed by atoms with Crippen molar-refractivity contribution in [1.82, 2.24) is 0 Å². The fourth-order valence-electron chi connectivity index (χ4n) is 1.79. The molecule has 2 heteroatoms. The lowest BCUT2D eigenvalue weighted by Crippen LogP contribution is -1.87. The smallest absolute Gasteiger partial charge is 0.127 e. The Hall–Kier alpha value is -1.96. The summed E-state index contributed by atoms with van der Waals surface area (Å²) in [5, 5.41) is 2.28. The number of fused-ring (bicyclic) bond motifs is 1. The van der Waals surface area contributed by atoms with E-state index in [9.17, 15) is 0 Å². The van der Waals surface area contributed by atoms with Crippen molar-refractivity contribution in [1.29, 1.82) is 0 Å². The molecule has 2 aromatic rings. The Labute approximate surface area is 95.1 Å². The fourth-order valence-corrected chi connectivity index (χ4v) is 1.79. The summed E-state index contributed by atoms with van der Waals surface area (Å²) in [6.07, 6.45) is 3.60. The van der Waals surface area contributed by atoms with E-state index >= 15 is 0 Å².